The molecule has 5 saturated carbocycles. The second kappa shape index (κ2) is 6.03. The summed E-state index contributed by atoms with van der Waals surface area (Å²) in [4.78, 5) is 2.50. The summed E-state index contributed by atoms with van der Waals surface area (Å²) in [5.41, 5.74) is 2.97. The quantitative estimate of drug-likeness (QED) is 0.628. The third-order valence-electron chi connectivity index (χ3n) is 13.0. The van der Waals surface area contributed by atoms with Crippen molar-refractivity contribution in [3.63, 3.8) is 0 Å². The highest BCUT2D eigenvalue weighted by molar-refractivity contribution is 5.31. The zero-order chi connectivity index (χ0) is 21.0. The van der Waals surface area contributed by atoms with Crippen LogP contribution in [0.15, 0.2) is 0 Å². The Bertz CT molecular complexity index is 684. The summed E-state index contributed by atoms with van der Waals surface area (Å²) in [6.45, 7) is 13.2. The summed E-state index contributed by atoms with van der Waals surface area (Å²) in [5.74, 6) is 2.82. The molecule has 9 atom stereocenters. The first-order valence-corrected chi connectivity index (χ1v) is 12.8. The molecule has 166 valence electrons. The van der Waals surface area contributed by atoms with Crippen LogP contribution in [0.3, 0.4) is 0 Å². The van der Waals surface area contributed by atoms with Gasteiger partial charge in [-0.1, -0.05) is 27.7 Å². The Morgan fingerprint density at radius 2 is 1.45 bits per heavy atom. The van der Waals surface area contributed by atoms with Crippen LogP contribution >= 0.6 is 0 Å². The molecular formula is C27H48N2. The van der Waals surface area contributed by atoms with E-state index in [-0.39, 0.29) is 0 Å². The number of nitrogens with zero attached hydrogens (tertiary/aromatic N) is 1. The summed E-state index contributed by atoms with van der Waals surface area (Å²) in [6, 6.07) is 1.43. The van der Waals surface area contributed by atoms with Crippen molar-refractivity contribution in [2.24, 2.45) is 44.8 Å². The molecule has 0 amide bonds. The largest absolute Gasteiger partial charge is 0.316 e. The number of hydrogen-bond donors (Lipinski definition) is 1. The zero-order valence-corrected chi connectivity index (χ0v) is 20.7. The van der Waals surface area contributed by atoms with E-state index in [0.29, 0.717) is 39.2 Å². The standard InChI is InChI=1S/C27H48N2/c1-18(29(7)8)19-11-13-25(5)21-10-9-20-23(2,3)22(28-6)12-14-26(20)17-27(21,26)16-15-24(19,25)4/h18-22,28H,9-17H2,1-8H3/t18-,19-,20-,21+,22+,24-,25+,26-,27-/m1/s1. The third-order valence-corrected chi connectivity index (χ3v) is 13.0. The SMILES string of the molecule is CN[C@H]1CC[C@]23C[C@@]24CC[C@]2(C)[C@@H]([C@@H](C)N(C)C)CC[C@@]2(C)[C@@H]4CC[C@@H]3C1(C)C. The minimum Gasteiger partial charge on any atom is -0.316 e. The molecule has 0 unspecified atom stereocenters. The minimum absolute atomic E-state index is 0.459. The van der Waals surface area contributed by atoms with Crippen molar-refractivity contribution in [1.82, 2.24) is 10.2 Å². The molecule has 2 nitrogen and oxygen atoms in total. The Morgan fingerprint density at radius 3 is 2.10 bits per heavy atom. The Labute approximate surface area is 181 Å². The topological polar surface area (TPSA) is 15.3 Å². The molecule has 0 aromatic carbocycles. The molecule has 5 fully saturated rings. The van der Waals surface area contributed by atoms with Crippen molar-refractivity contribution in [3.05, 3.63) is 0 Å². The fourth-order valence-corrected chi connectivity index (χ4v) is 11.1. The first-order chi connectivity index (χ1) is 13.5. The van der Waals surface area contributed by atoms with Crippen molar-refractivity contribution in [2.75, 3.05) is 21.1 Å². The van der Waals surface area contributed by atoms with E-state index in [1.165, 1.54) is 51.4 Å². The molecule has 5 aliphatic rings. The van der Waals surface area contributed by atoms with Crippen LogP contribution in [0.2, 0.25) is 0 Å². The summed E-state index contributed by atoms with van der Waals surface area (Å²) in [5, 5.41) is 3.71. The average Bonchev–Trinajstić information content (AvgIpc) is 3.24. The molecule has 29 heavy (non-hydrogen) atoms. The minimum atomic E-state index is 0.459. The van der Waals surface area contributed by atoms with Crippen molar-refractivity contribution >= 4 is 0 Å². The summed E-state index contributed by atoms with van der Waals surface area (Å²) in [7, 11) is 6.81. The van der Waals surface area contributed by atoms with Gasteiger partial charge >= 0.3 is 0 Å². The van der Waals surface area contributed by atoms with Gasteiger partial charge in [-0.05, 0) is 131 Å². The first kappa shape index (κ1) is 20.8. The van der Waals surface area contributed by atoms with Gasteiger partial charge < -0.3 is 10.2 Å². The highest BCUT2D eigenvalue weighted by Gasteiger charge is 2.82. The lowest BCUT2D eigenvalue weighted by Gasteiger charge is -2.63. The molecule has 0 aromatic rings. The van der Waals surface area contributed by atoms with Crippen molar-refractivity contribution < 1.29 is 0 Å². The number of rotatable bonds is 3. The van der Waals surface area contributed by atoms with Gasteiger partial charge in [-0.25, -0.2) is 0 Å². The van der Waals surface area contributed by atoms with Crippen molar-refractivity contribution in [1.29, 1.82) is 0 Å². The lowest BCUT2D eigenvalue weighted by molar-refractivity contribution is -0.146. The molecule has 0 saturated heterocycles. The van der Waals surface area contributed by atoms with Gasteiger partial charge in [-0.2, -0.15) is 0 Å². The van der Waals surface area contributed by atoms with Gasteiger partial charge in [0.1, 0.15) is 0 Å². The second-order valence-electron chi connectivity index (χ2n) is 13.6. The highest BCUT2D eigenvalue weighted by Crippen LogP contribution is 2.88. The Morgan fingerprint density at radius 1 is 0.793 bits per heavy atom. The molecule has 5 aliphatic carbocycles. The van der Waals surface area contributed by atoms with Crippen molar-refractivity contribution in [3.8, 4) is 0 Å². The lowest BCUT2D eigenvalue weighted by Crippen LogP contribution is -2.59. The Balaban J connectivity index is 1.49. The Kier molecular flexibility index (Phi) is 4.33. The normalized spacial score (nSPS) is 56.2. The van der Waals surface area contributed by atoms with E-state index >= 15 is 0 Å². The lowest BCUT2D eigenvalue weighted by atomic mass is 9.42. The van der Waals surface area contributed by atoms with Gasteiger partial charge in [0.2, 0.25) is 0 Å². The van der Waals surface area contributed by atoms with Crippen LogP contribution in [0.5, 0.6) is 0 Å². The average molecular weight is 401 g/mol. The molecule has 0 radical (unpaired) electrons. The Hall–Kier alpha value is -0.0800. The second-order valence-corrected chi connectivity index (χ2v) is 13.6. The van der Waals surface area contributed by atoms with Gasteiger partial charge in [0.05, 0.1) is 0 Å². The van der Waals surface area contributed by atoms with Gasteiger partial charge in [-0.15, -0.1) is 0 Å². The van der Waals surface area contributed by atoms with Crippen LogP contribution in [0.4, 0.5) is 0 Å². The van der Waals surface area contributed by atoms with E-state index in [4.69, 9.17) is 0 Å². The maximum atomic E-state index is 3.71. The van der Waals surface area contributed by atoms with Gasteiger partial charge in [-0.3, -0.25) is 0 Å². The molecule has 0 bridgehead atoms. The molecule has 5 rings (SSSR count). The molecule has 0 aliphatic heterocycles. The predicted octanol–water partition coefficient (Wildman–Crippen LogP) is 5.96. The third kappa shape index (κ3) is 2.22. The van der Waals surface area contributed by atoms with E-state index in [2.05, 4.69) is 66.0 Å². The fourth-order valence-electron chi connectivity index (χ4n) is 11.1. The van der Waals surface area contributed by atoms with E-state index in [1.54, 1.807) is 6.42 Å². The number of fused-ring (bicyclic) bond motifs is 2. The van der Waals surface area contributed by atoms with E-state index in [0.717, 1.165) is 17.8 Å². The maximum absolute atomic E-state index is 3.71. The molecule has 2 heteroatoms. The van der Waals surface area contributed by atoms with Gasteiger partial charge in [0.15, 0.2) is 0 Å². The summed E-state index contributed by atoms with van der Waals surface area (Å²) >= 11 is 0. The highest BCUT2D eigenvalue weighted by atomic mass is 15.1. The van der Waals surface area contributed by atoms with E-state index < -0.39 is 0 Å². The molecular weight excluding hydrogens is 352 g/mol. The van der Waals surface area contributed by atoms with Crippen LogP contribution in [0.25, 0.3) is 0 Å². The van der Waals surface area contributed by atoms with Crippen LogP contribution in [0.1, 0.15) is 92.4 Å². The predicted molar refractivity (Wildman–Crippen MR) is 123 cm³/mol. The smallest absolute Gasteiger partial charge is 0.0118 e. The zero-order valence-electron chi connectivity index (χ0n) is 20.7. The summed E-state index contributed by atoms with van der Waals surface area (Å²) < 4.78 is 0. The number of nitrogens with one attached hydrogen (secondary N) is 1. The molecule has 1 N–H and O–H groups in total. The van der Waals surface area contributed by atoms with Gasteiger partial charge in [0.25, 0.3) is 0 Å². The molecule has 2 spiro atoms. The monoisotopic (exact) mass is 400 g/mol. The van der Waals surface area contributed by atoms with Crippen molar-refractivity contribution in [2.45, 2.75) is 104 Å². The molecule has 0 aromatic heterocycles. The summed E-state index contributed by atoms with van der Waals surface area (Å²) in [6.07, 6.45) is 13.5. The number of hydrogen-bond acceptors (Lipinski definition) is 2. The maximum Gasteiger partial charge on any atom is 0.0118 e. The van der Waals surface area contributed by atoms with E-state index in [9.17, 15) is 0 Å². The van der Waals surface area contributed by atoms with Crippen LogP contribution in [0, 0.1) is 44.8 Å². The fraction of sp³-hybridized carbons (Fsp3) is 1.00. The molecule has 0 heterocycles. The van der Waals surface area contributed by atoms with Crippen LogP contribution < -0.4 is 5.32 Å². The van der Waals surface area contributed by atoms with E-state index in [1.807, 2.05) is 0 Å². The first-order valence-electron chi connectivity index (χ1n) is 12.8. The van der Waals surface area contributed by atoms with Crippen LogP contribution in [-0.2, 0) is 0 Å². The van der Waals surface area contributed by atoms with Gasteiger partial charge in [0, 0.05) is 12.1 Å². The van der Waals surface area contributed by atoms with Crippen LogP contribution in [-0.4, -0.2) is 38.1 Å².